The van der Waals surface area contributed by atoms with Gasteiger partial charge in [0.15, 0.2) is 6.10 Å². The van der Waals surface area contributed by atoms with Gasteiger partial charge in [-0.2, -0.15) is 30.7 Å². The second-order valence-corrected chi connectivity index (χ2v) is 8.45. The van der Waals surface area contributed by atoms with E-state index in [0.717, 1.165) is 23.2 Å². The van der Waals surface area contributed by atoms with Crippen molar-refractivity contribution in [3.05, 3.63) is 84.0 Å². The van der Waals surface area contributed by atoms with Gasteiger partial charge >= 0.3 is 18.7 Å². The summed E-state index contributed by atoms with van der Waals surface area (Å²) in [6, 6.07) is 7.03. The van der Waals surface area contributed by atoms with Gasteiger partial charge in [0.1, 0.15) is 11.5 Å². The second kappa shape index (κ2) is 16.6. The molecule has 0 heterocycles. The summed E-state index contributed by atoms with van der Waals surface area (Å²) in [5.41, 5.74) is 1.25. The Hall–Kier alpha value is -3.41. The third-order valence-electron chi connectivity index (χ3n) is 5.13. The summed E-state index contributed by atoms with van der Waals surface area (Å²) in [5, 5.41) is 12.9. The van der Waals surface area contributed by atoms with Crippen LogP contribution in [0, 0.1) is 0 Å². The average molecular weight is 581 g/mol. The molecule has 0 saturated heterocycles. The van der Waals surface area contributed by atoms with Crippen LogP contribution < -0.4 is 10.1 Å². The molecule has 2 N–H and O–H groups in total. The summed E-state index contributed by atoms with van der Waals surface area (Å²) in [7, 11) is 0. The van der Waals surface area contributed by atoms with Crippen LogP contribution in [0.4, 0.5) is 36.4 Å². The quantitative estimate of drug-likeness (QED) is 0.119. The topological polar surface area (TPSA) is 54.0 Å². The maximum atomic E-state index is 13.2. The Morgan fingerprint density at radius 1 is 1.10 bits per heavy atom. The number of halogens is 7. The highest BCUT2D eigenvalue weighted by Crippen LogP contribution is 2.26. The number of benzene rings is 1. The normalized spacial score (nSPS) is 14.8. The summed E-state index contributed by atoms with van der Waals surface area (Å²) in [6.07, 6.45) is -7.07. The number of aliphatic hydroxyl groups is 1. The molecule has 0 aliphatic carbocycles. The van der Waals surface area contributed by atoms with E-state index in [0.29, 0.717) is 24.2 Å². The number of nitrogens with zero attached hydrogens (tertiary/aromatic N) is 1. The van der Waals surface area contributed by atoms with E-state index >= 15 is 0 Å². The number of allylic oxidation sites excluding steroid dienone is 6. The standard InChI is InChI=1S/C28H35F7N2O3/c1-5-8-10-21(15-16-39-28(34,35)26(29)30)18-37(19-25(38)27(31,32)33)20(4)17-24(9-6-2)40-23-13-11-22(12-14-23)36-7-3/h5,8-17,25-26,36,38H,6-7,18-19H2,1-4H3/b8-5-,16-15+,20-17+,21-10+,24-9+. The lowest BCUT2D eigenvalue weighted by Crippen LogP contribution is -2.41. The van der Waals surface area contributed by atoms with E-state index in [9.17, 15) is 35.8 Å². The number of ether oxygens (including phenoxy) is 2. The Labute approximate surface area is 230 Å². The van der Waals surface area contributed by atoms with E-state index < -0.39 is 31.4 Å². The van der Waals surface area contributed by atoms with E-state index in [1.54, 1.807) is 43.3 Å². The van der Waals surface area contributed by atoms with E-state index in [-0.39, 0.29) is 17.8 Å². The van der Waals surface area contributed by atoms with Gasteiger partial charge in [-0.15, -0.1) is 0 Å². The first-order valence-electron chi connectivity index (χ1n) is 12.5. The van der Waals surface area contributed by atoms with Crippen LogP contribution in [0.1, 0.15) is 34.1 Å². The van der Waals surface area contributed by atoms with Crippen molar-refractivity contribution in [1.82, 2.24) is 4.90 Å². The van der Waals surface area contributed by atoms with Gasteiger partial charge in [0.05, 0.1) is 12.8 Å². The molecule has 1 atom stereocenters. The smallest absolute Gasteiger partial charge is 0.458 e. The first-order chi connectivity index (χ1) is 18.7. The molecule has 1 rings (SSSR count). The summed E-state index contributed by atoms with van der Waals surface area (Å²) in [5.74, 6) is 0.790. The molecule has 12 heteroatoms. The number of nitrogens with one attached hydrogen (secondary N) is 1. The zero-order valence-electron chi connectivity index (χ0n) is 22.7. The van der Waals surface area contributed by atoms with E-state index in [2.05, 4.69) is 10.1 Å². The number of aliphatic hydroxyl groups excluding tert-OH is 1. The van der Waals surface area contributed by atoms with Crippen molar-refractivity contribution in [2.24, 2.45) is 0 Å². The van der Waals surface area contributed by atoms with E-state index in [4.69, 9.17) is 4.74 Å². The number of rotatable bonds is 16. The molecule has 1 unspecified atom stereocenters. The molecule has 0 fully saturated rings. The predicted molar refractivity (Wildman–Crippen MR) is 141 cm³/mol. The van der Waals surface area contributed by atoms with Gasteiger partial charge in [0.2, 0.25) is 0 Å². The van der Waals surface area contributed by atoms with Crippen molar-refractivity contribution in [2.45, 2.75) is 58.9 Å². The van der Waals surface area contributed by atoms with E-state index in [1.807, 2.05) is 13.8 Å². The number of anilines is 1. The lowest BCUT2D eigenvalue weighted by atomic mass is 10.1. The van der Waals surface area contributed by atoms with Crippen LogP contribution in [0.3, 0.4) is 0 Å². The summed E-state index contributed by atoms with van der Waals surface area (Å²) < 4.78 is 101. The van der Waals surface area contributed by atoms with Crippen LogP contribution in [0.2, 0.25) is 0 Å². The van der Waals surface area contributed by atoms with Gasteiger partial charge in [0.25, 0.3) is 0 Å². The molecule has 224 valence electrons. The van der Waals surface area contributed by atoms with Gasteiger partial charge in [-0.3, -0.25) is 0 Å². The highest BCUT2D eigenvalue weighted by atomic mass is 19.4. The first kappa shape index (κ1) is 34.6. The Balaban J connectivity index is 3.33. The van der Waals surface area contributed by atoms with Crippen LogP contribution in [0.25, 0.3) is 0 Å². The number of hydrogen-bond donors (Lipinski definition) is 2. The molecule has 1 aromatic rings. The van der Waals surface area contributed by atoms with Crippen molar-refractivity contribution in [3.8, 4) is 5.75 Å². The van der Waals surface area contributed by atoms with Crippen LogP contribution >= 0.6 is 0 Å². The van der Waals surface area contributed by atoms with Gasteiger partial charge in [-0.1, -0.05) is 25.2 Å². The molecular weight excluding hydrogens is 545 g/mol. The molecule has 5 nitrogen and oxygen atoms in total. The first-order valence-corrected chi connectivity index (χ1v) is 12.5. The minimum Gasteiger partial charge on any atom is -0.458 e. The van der Waals surface area contributed by atoms with Crippen LogP contribution in [-0.4, -0.2) is 54.5 Å². The van der Waals surface area contributed by atoms with Crippen LogP contribution in [0.15, 0.2) is 84.0 Å². The fourth-order valence-corrected chi connectivity index (χ4v) is 3.12. The monoisotopic (exact) mass is 580 g/mol. The fourth-order valence-electron chi connectivity index (χ4n) is 3.12. The average Bonchev–Trinajstić information content (AvgIpc) is 2.87. The SMILES string of the molecule is C\C=C/C=C(\C=C\OC(F)(F)C(F)F)CN(CC(O)C(F)(F)F)/C(C)=C/C(=C\CC)Oc1ccc(NCC)cc1. The highest BCUT2D eigenvalue weighted by Gasteiger charge is 2.43. The zero-order chi connectivity index (χ0) is 30.3. The molecule has 0 bridgehead atoms. The van der Waals surface area contributed by atoms with Crippen molar-refractivity contribution in [2.75, 3.05) is 25.0 Å². The largest absolute Gasteiger partial charge is 0.460 e. The fraction of sp³-hybridized carbons (Fsp3) is 0.429. The molecule has 1 aromatic carbocycles. The Morgan fingerprint density at radius 3 is 2.27 bits per heavy atom. The predicted octanol–water partition coefficient (Wildman–Crippen LogP) is 7.81. The maximum absolute atomic E-state index is 13.2. The third-order valence-corrected chi connectivity index (χ3v) is 5.13. The van der Waals surface area contributed by atoms with Crippen molar-refractivity contribution >= 4 is 5.69 Å². The van der Waals surface area contributed by atoms with Gasteiger partial charge in [-0.05, 0) is 75.3 Å². The lowest BCUT2D eigenvalue weighted by molar-refractivity contribution is -0.274. The minimum absolute atomic E-state index is 0.131. The molecule has 0 amide bonds. The number of hydrogen-bond acceptors (Lipinski definition) is 5. The summed E-state index contributed by atoms with van der Waals surface area (Å²) in [4.78, 5) is 1.16. The van der Waals surface area contributed by atoms with Crippen molar-refractivity contribution in [3.63, 3.8) is 0 Å². The molecule has 0 aromatic heterocycles. The Kier molecular flexibility index (Phi) is 14.4. The molecule has 40 heavy (non-hydrogen) atoms. The van der Waals surface area contributed by atoms with Gasteiger partial charge in [0, 0.05) is 24.5 Å². The minimum atomic E-state index is -4.93. The molecule has 0 saturated carbocycles. The van der Waals surface area contributed by atoms with E-state index in [1.165, 1.54) is 25.2 Å². The molecule has 0 radical (unpaired) electrons. The number of alkyl halides is 7. The van der Waals surface area contributed by atoms with Crippen LogP contribution in [0.5, 0.6) is 5.75 Å². The second-order valence-electron chi connectivity index (χ2n) is 8.45. The van der Waals surface area contributed by atoms with Crippen LogP contribution in [-0.2, 0) is 4.74 Å². The molecular formula is C28H35F7N2O3. The van der Waals surface area contributed by atoms with Crippen molar-refractivity contribution in [1.29, 1.82) is 0 Å². The zero-order valence-corrected chi connectivity index (χ0v) is 22.7. The van der Waals surface area contributed by atoms with Gasteiger partial charge in [-0.25, -0.2) is 0 Å². The Morgan fingerprint density at radius 2 is 1.75 bits per heavy atom. The molecule has 0 aliphatic heterocycles. The van der Waals surface area contributed by atoms with Gasteiger partial charge < -0.3 is 24.8 Å². The van der Waals surface area contributed by atoms with Crippen molar-refractivity contribution < 1.29 is 45.3 Å². The highest BCUT2D eigenvalue weighted by molar-refractivity contribution is 5.46. The Bertz CT molecular complexity index is 1050. The summed E-state index contributed by atoms with van der Waals surface area (Å²) >= 11 is 0. The maximum Gasteiger partial charge on any atom is 0.460 e. The molecule has 0 spiro atoms. The lowest BCUT2D eigenvalue weighted by Gasteiger charge is -2.29. The third kappa shape index (κ3) is 12.6. The summed E-state index contributed by atoms with van der Waals surface area (Å²) in [6.45, 7) is 6.41. The molecule has 0 aliphatic rings.